The van der Waals surface area contributed by atoms with Gasteiger partial charge in [0.1, 0.15) is 5.69 Å². The van der Waals surface area contributed by atoms with E-state index in [0.29, 0.717) is 12.2 Å². The fourth-order valence-corrected chi connectivity index (χ4v) is 3.85. The number of nitrogens with zero attached hydrogens (tertiary/aromatic N) is 5. The summed E-state index contributed by atoms with van der Waals surface area (Å²) in [7, 11) is 0. The molecular formula is C18H20N6OS. The van der Waals surface area contributed by atoms with Crippen LogP contribution in [0, 0.1) is 0 Å². The summed E-state index contributed by atoms with van der Waals surface area (Å²) in [5.41, 5.74) is 4.56. The van der Waals surface area contributed by atoms with Crippen molar-refractivity contribution in [1.82, 2.24) is 30.0 Å². The van der Waals surface area contributed by atoms with Crippen LogP contribution in [0.2, 0.25) is 0 Å². The van der Waals surface area contributed by atoms with Gasteiger partial charge in [-0.25, -0.2) is 4.98 Å². The second kappa shape index (κ2) is 7.76. The van der Waals surface area contributed by atoms with Gasteiger partial charge in [0.05, 0.1) is 17.2 Å². The average Bonchev–Trinajstić information content (AvgIpc) is 3.34. The van der Waals surface area contributed by atoms with Gasteiger partial charge in [0.15, 0.2) is 0 Å². The molecule has 0 bridgehead atoms. The topological polar surface area (TPSA) is 75.9 Å². The molecule has 1 aliphatic heterocycles. The molecule has 4 heterocycles. The molecule has 1 amide bonds. The van der Waals surface area contributed by atoms with Crippen LogP contribution in [0.25, 0.3) is 0 Å². The van der Waals surface area contributed by atoms with Crippen LogP contribution < -0.4 is 5.32 Å². The Balaban J connectivity index is 1.38. The molecule has 0 spiro atoms. The number of pyridine rings is 1. The van der Waals surface area contributed by atoms with Crippen molar-refractivity contribution < 1.29 is 4.79 Å². The summed E-state index contributed by atoms with van der Waals surface area (Å²) in [5, 5.41) is 9.20. The Labute approximate surface area is 155 Å². The van der Waals surface area contributed by atoms with Gasteiger partial charge in [-0.3, -0.25) is 19.4 Å². The first-order valence-corrected chi connectivity index (χ1v) is 9.54. The molecule has 7 nitrogen and oxygen atoms in total. The Kier molecular flexibility index (Phi) is 5.03. The number of carbonyl (C=O) groups is 1. The van der Waals surface area contributed by atoms with E-state index in [-0.39, 0.29) is 11.9 Å². The van der Waals surface area contributed by atoms with Gasteiger partial charge in [-0.1, -0.05) is 6.07 Å². The van der Waals surface area contributed by atoms with Crippen molar-refractivity contribution in [2.45, 2.75) is 25.6 Å². The van der Waals surface area contributed by atoms with Crippen LogP contribution in [-0.2, 0) is 13.1 Å². The summed E-state index contributed by atoms with van der Waals surface area (Å²) in [4.78, 5) is 22.7. The molecule has 0 unspecified atom stereocenters. The van der Waals surface area contributed by atoms with E-state index in [1.165, 1.54) is 22.6 Å². The molecule has 0 radical (unpaired) electrons. The monoisotopic (exact) mass is 368 g/mol. The number of hydrogen-bond donors (Lipinski definition) is 1. The van der Waals surface area contributed by atoms with Gasteiger partial charge in [-0.2, -0.15) is 5.10 Å². The lowest BCUT2D eigenvalue weighted by Gasteiger charge is -2.34. The maximum Gasteiger partial charge on any atom is 0.270 e. The average molecular weight is 368 g/mol. The second-order valence-corrected chi connectivity index (χ2v) is 7.09. The highest BCUT2D eigenvalue weighted by Crippen LogP contribution is 2.24. The zero-order chi connectivity index (χ0) is 17.8. The Bertz CT molecular complexity index is 848. The molecule has 0 aromatic carbocycles. The van der Waals surface area contributed by atoms with Gasteiger partial charge in [0.25, 0.3) is 5.91 Å². The van der Waals surface area contributed by atoms with Crippen LogP contribution in [0.3, 0.4) is 0 Å². The fourth-order valence-electron chi connectivity index (χ4n) is 3.32. The van der Waals surface area contributed by atoms with Crippen molar-refractivity contribution in [3.8, 4) is 0 Å². The summed E-state index contributed by atoms with van der Waals surface area (Å²) in [5.74, 6) is -0.116. The van der Waals surface area contributed by atoms with E-state index in [9.17, 15) is 4.79 Å². The quantitative estimate of drug-likeness (QED) is 0.721. The zero-order valence-electron chi connectivity index (χ0n) is 14.3. The third-order valence-corrected chi connectivity index (χ3v) is 5.10. The summed E-state index contributed by atoms with van der Waals surface area (Å²) in [6.45, 7) is 3.23. The highest BCUT2D eigenvalue weighted by molar-refractivity contribution is 7.07. The van der Waals surface area contributed by atoms with E-state index in [1.807, 2.05) is 18.5 Å². The van der Waals surface area contributed by atoms with Crippen molar-refractivity contribution >= 4 is 17.2 Å². The van der Waals surface area contributed by atoms with Gasteiger partial charge in [0, 0.05) is 50.1 Å². The lowest BCUT2D eigenvalue weighted by Crippen LogP contribution is -2.39. The molecular weight excluding hydrogens is 348 g/mol. The summed E-state index contributed by atoms with van der Waals surface area (Å²) < 4.78 is 2.09. The molecule has 4 rings (SSSR count). The normalized spacial score (nSPS) is 17.0. The molecule has 26 heavy (non-hydrogen) atoms. The number of fused-ring (bicyclic) bond motifs is 1. The summed E-state index contributed by atoms with van der Waals surface area (Å²) >= 11 is 1.42. The molecule has 1 atom stereocenters. The van der Waals surface area contributed by atoms with E-state index in [0.717, 1.165) is 26.1 Å². The first-order chi connectivity index (χ1) is 12.8. The number of hydrogen-bond acceptors (Lipinski definition) is 6. The molecule has 0 saturated carbocycles. The Morgan fingerprint density at radius 3 is 3.12 bits per heavy atom. The van der Waals surface area contributed by atoms with Crippen molar-refractivity contribution in [3.05, 3.63) is 64.6 Å². The smallest absolute Gasteiger partial charge is 0.270 e. The lowest BCUT2D eigenvalue weighted by molar-refractivity contribution is 0.0942. The largest absolute Gasteiger partial charge is 0.351 e. The minimum atomic E-state index is -0.116. The SMILES string of the molecule is O=C(NCC[C@@H]1CN(Cc2cccnc2)Cc2ccnn21)c1cscn1. The third-order valence-electron chi connectivity index (χ3n) is 4.51. The number of nitrogens with one attached hydrogen (secondary N) is 1. The molecule has 134 valence electrons. The van der Waals surface area contributed by atoms with Gasteiger partial charge < -0.3 is 5.32 Å². The number of amides is 1. The van der Waals surface area contributed by atoms with Crippen molar-refractivity contribution in [2.75, 3.05) is 13.1 Å². The maximum atomic E-state index is 12.0. The predicted molar refractivity (Wildman–Crippen MR) is 98.7 cm³/mol. The lowest BCUT2D eigenvalue weighted by atomic mass is 10.1. The second-order valence-electron chi connectivity index (χ2n) is 6.37. The standard InChI is InChI=1S/C18H20N6OS/c25-18(17-12-26-13-21-17)20-6-3-15-10-23(9-14-2-1-5-19-8-14)11-16-4-7-22-24(15)16/h1-2,4-5,7-8,12-13,15H,3,6,9-11H2,(H,20,25)/t15-/m1/s1. The number of rotatable bonds is 6. The van der Waals surface area contributed by atoms with Crippen LogP contribution in [0.4, 0.5) is 0 Å². The van der Waals surface area contributed by atoms with E-state index < -0.39 is 0 Å². The number of aromatic nitrogens is 4. The number of carbonyl (C=O) groups excluding carboxylic acids is 1. The van der Waals surface area contributed by atoms with Crippen LogP contribution in [0.1, 0.15) is 34.2 Å². The van der Waals surface area contributed by atoms with Crippen LogP contribution in [-0.4, -0.2) is 43.6 Å². The first-order valence-electron chi connectivity index (χ1n) is 8.59. The van der Waals surface area contributed by atoms with Crippen molar-refractivity contribution in [2.24, 2.45) is 0 Å². The fraction of sp³-hybridized carbons (Fsp3) is 0.333. The third kappa shape index (κ3) is 3.81. The highest BCUT2D eigenvalue weighted by atomic mass is 32.1. The molecule has 0 saturated heterocycles. The Morgan fingerprint density at radius 2 is 2.31 bits per heavy atom. The summed E-state index contributed by atoms with van der Waals surface area (Å²) in [6.07, 6.45) is 6.38. The minimum absolute atomic E-state index is 0.116. The van der Waals surface area contributed by atoms with Crippen LogP contribution in [0.5, 0.6) is 0 Å². The molecule has 1 aliphatic rings. The first kappa shape index (κ1) is 16.9. The van der Waals surface area contributed by atoms with E-state index in [4.69, 9.17) is 0 Å². The minimum Gasteiger partial charge on any atom is -0.351 e. The molecule has 0 aliphatic carbocycles. The zero-order valence-corrected chi connectivity index (χ0v) is 15.1. The highest BCUT2D eigenvalue weighted by Gasteiger charge is 2.25. The van der Waals surface area contributed by atoms with Gasteiger partial charge >= 0.3 is 0 Å². The van der Waals surface area contributed by atoms with E-state index in [1.54, 1.807) is 17.1 Å². The molecule has 1 N–H and O–H groups in total. The maximum absolute atomic E-state index is 12.0. The van der Waals surface area contributed by atoms with Gasteiger partial charge in [-0.05, 0) is 24.1 Å². The van der Waals surface area contributed by atoms with E-state index >= 15 is 0 Å². The Hall–Kier alpha value is -2.58. The summed E-state index contributed by atoms with van der Waals surface area (Å²) in [6, 6.07) is 6.37. The van der Waals surface area contributed by atoms with Crippen molar-refractivity contribution in [1.29, 1.82) is 0 Å². The predicted octanol–water partition coefficient (Wildman–Crippen LogP) is 2.11. The Morgan fingerprint density at radius 1 is 1.35 bits per heavy atom. The van der Waals surface area contributed by atoms with Gasteiger partial charge in [0.2, 0.25) is 0 Å². The molecule has 3 aromatic heterocycles. The van der Waals surface area contributed by atoms with Crippen molar-refractivity contribution in [3.63, 3.8) is 0 Å². The van der Waals surface area contributed by atoms with E-state index in [2.05, 4.69) is 42.1 Å². The number of thiazole rings is 1. The van der Waals surface area contributed by atoms with Gasteiger partial charge in [-0.15, -0.1) is 11.3 Å². The molecule has 3 aromatic rings. The molecule has 0 fully saturated rings. The van der Waals surface area contributed by atoms with Crippen LogP contribution >= 0.6 is 11.3 Å². The molecule has 8 heteroatoms. The van der Waals surface area contributed by atoms with Crippen LogP contribution in [0.15, 0.2) is 47.7 Å².